The van der Waals surface area contributed by atoms with E-state index in [4.69, 9.17) is 21.1 Å². The highest BCUT2D eigenvalue weighted by Gasteiger charge is 2.36. The van der Waals surface area contributed by atoms with Gasteiger partial charge in [-0.3, -0.25) is 9.59 Å². The molecule has 1 atom stereocenters. The van der Waals surface area contributed by atoms with Crippen LogP contribution < -0.4 is 14.4 Å². The molecule has 0 N–H and O–H groups in total. The van der Waals surface area contributed by atoms with Crippen molar-refractivity contribution in [1.82, 2.24) is 4.90 Å². The molecule has 146 valence electrons. The van der Waals surface area contributed by atoms with E-state index < -0.39 is 0 Å². The van der Waals surface area contributed by atoms with E-state index in [2.05, 4.69) is 0 Å². The van der Waals surface area contributed by atoms with Gasteiger partial charge < -0.3 is 19.3 Å². The fourth-order valence-corrected chi connectivity index (χ4v) is 3.70. The number of ether oxygens (including phenoxy) is 2. The van der Waals surface area contributed by atoms with Crippen LogP contribution in [0.2, 0.25) is 5.02 Å². The number of hydrogen-bond acceptors (Lipinski definition) is 4. The molecule has 6 nitrogen and oxygen atoms in total. The summed E-state index contributed by atoms with van der Waals surface area (Å²) in [6, 6.07) is 12.8. The molecule has 2 aromatic rings. The van der Waals surface area contributed by atoms with Crippen LogP contribution in [0.25, 0.3) is 0 Å². The molecular formula is C21H21ClN2O4. The molecule has 1 fully saturated rings. The van der Waals surface area contributed by atoms with Gasteiger partial charge in [0.15, 0.2) is 11.5 Å². The summed E-state index contributed by atoms with van der Waals surface area (Å²) in [5.74, 6) is 0.847. The van der Waals surface area contributed by atoms with Crippen LogP contribution in [0.15, 0.2) is 42.5 Å². The zero-order valence-corrected chi connectivity index (χ0v) is 16.3. The van der Waals surface area contributed by atoms with E-state index in [0.29, 0.717) is 42.8 Å². The molecule has 0 bridgehead atoms. The van der Waals surface area contributed by atoms with E-state index in [9.17, 15) is 9.59 Å². The number of fused-ring (bicyclic) bond motifs is 1. The van der Waals surface area contributed by atoms with Crippen molar-refractivity contribution in [3.05, 3.63) is 53.1 Å². The lowest BCUT2D eigenvalue weighted by Gasteiger charge is -2.23. The maximum absolute atomic E-state index is 12.8. The third kappa shape index (κ3) is 3.78. The van der Waals surface area contributed by atoms with Crippen molar-refractivity contribution in [2.45, 2.75) is 13.0 Å². The van der Waals surface area contributed by atoms with E-state index >= 15 is 0 Å². The van der Waals surface area contributed by atoms with E-state index in [1.807, 2.05) is 18.2 Å². The van der Waals surface area contributed by atoms with Crippen LogP contribution in [0.4, 0.5) is 5.69 Å². The number of rotatable bonds is 4. The Balaban J connectivity index is 1.43. The first-order valence-electron chi connectivity index (χ1n) is 9.20. The largest absolute Gasteiger partial charge is 0.486 e. The van der Waals surface area contributed by atoms with E-state index in [-0.39, 0.29) is 24.2 Å². The molecule has 7 heteroatoms. The van der Waals surface area contributed by atoms with Crippen molar-refractivity contribution >= 4 is 29.1 Å². The van der Waals surface area contributed by atoms with Crippen LogP contribution in [0.1, 0.15) is 12.0 Å². The van der Waals surface area contributed by atoms with Gasteiger partial charge in [0.05, 0.1) is 5.92 Å². The van der Waals surface area contributed by atoms with Gasteiger partial charge in [-0.25, -0.2) is 0 Å². The van der Waals surface area contributed by atoms with Gasteiger partial charge in [0.2, 0.25) is 11.8 Å². The van der Waals surface area contributed by atoms with Crippen molar-refractivity contribution in [1.29, 1.82) is 0 Å². The summed E-state index contributed by atoms with van der Waals surface area (Å²) in [7, 11) is 1.76. The fourth-order valence-electron chi connectivity index (χ4n) is 3.58. The van der Waals surface area contributed by atoms with Gasteiger partial charge in [0.1, 0.15) is 13.2 Å². The number of carbonyl (C=O) groups excluding carboxylic acids is 2. The molecule has 0 spiro atoms. The lowest BCUT2D eigenvalue weighted by Crippen LogP contribution is -2.34. The van der Waals surface area contributed by atoms with Gasteiger partial charge in [-0.2, -0.15) is 0 Å². The molecule has 1 unspecified atom stereocenters. The highest BCUT2D eigenvalue weighted by Crippen LogP contribution is 2.36. The zero-order chi connectivity index (χ0) is 19.7. The summed E-state index contributed by atoms with van der Waals surface area (Å²) >= 11 is 5.91. The molecule has 0 radical (unpaired) electrons. The number of benzene rings is 2. The normalized spacial score (nSPS) is 18.3. The van der Waals surface area contributed by atoms with Gasteiger partial charge in [-0.1, -0.05) is 23.7 Å². The maximum Gasteiger partial charge on any atom is 0.228 e. The average molecular weight is 401 g/mol. The average Bonchev–Trinajstić information content (AvgIpc) is 3.10. The first kappa shape index (κ1) is 18.6. The van der Waals surface area contributed by atoms with Gasteiger partial charge >= 0.3 is 0 Å². The number of carbonyl (C=O) groups is 2. The Hall–Kier alpha value is -2.73. The monoisotopic (exact) mass is 400 g/mol. The van der Waals surface area contributed by atoms with Crippen molar-refractivity contribution in [3.63, 3.8) is 0 Å². The van der Waals surface area contributed by atoms with E-state index in [1.165, 1.54) is 0 Å². The van der Waals surface area contributed by atoms with Gasteiger partial charge in [-0.15, -0.1) is 0 Å². The lowest BCUT2D eigenvalue weighted by atomic mass is 10.1. The highest BCUT2D eigenvalue weighted by molar-refractivity contribution is 6.30. The van der Waals surface area contributed by atoms with Crippen molar-refractivity contribution < 1.29 is 19.1 Å². The molecule has 0 aromatic heterocycles. The summed E-state index contributed by atoms with van der Waals surface area (Å²) in [6.07, 6.45) is 0.207. The van der Waals surface area contributed by atoms with Crippen molar-refractivity contribution in [3.8, 4) is 11.5 Å². The number of amides is 2. The summed E-state index contributed by atoms with van der Waals surface area (Å²) in [6.45, 7) is 1.85. The van der Waals surface area contributed by atoms with Crippen LogP contribution in [0.3, 0.4) is 0 Å². The summed E-state index contributed by atoms with van der Waals surface area (Å²) in [5, 5.41) is 0.661. The van der Waals surface area contributed by atoms with Crippen molar-refractivity contribution in [2.24, 2.45) is 5.92 Å². The number of halogens is 1. The van der Waals surface area contributed by atoms with Crippen LogP contribution in [0.5, 0.6) is 11.5 Å². The van der Waals surface area contributed by atoms with Crippen LogP contribution in [-0.2, 0) is 16.1 Å². The van der Waals surface area contributed by atoms with Gasteiger partial charge in [0.25, 0.3) is 0 Å². The van der Waals surface area contributed by atoms with Crippen LogP contribution in [0, 0.1) is 5.92 Å². The van der Waals surface area contributed by atoms with Crippen molar-refractivity contribution in [2.75, 3.05) is 31.7 Å². The summed E-state index contributed by atoms with van der Waals surface area (Å²) in [5.41, 5.74) is 1.72. The van der Waals surface area contributed by atoms with Gasteiger partial charge in [0, 0.05) is 43.3 Å². The Labute approximate surface area is 168 Å². The molecule has 1 saturated heterocycles. The molecule has 0 aliphatic carbocycles. The molecule has 2 heterocycles. The Bertz CT molecular complexity index is 900. The zero-order valence-electron chi connectivity index (χ0n) is 15.6. The maximum atomic E-state index is 12.8. The number of nitrogens with zero attached hydrogens (tertiary/aromatic N) is 2. The van der Waals surface area contributed by atoms with Crippen LogP contribution >= 0.6 is 11.6 Å². The predicted octanol–water partition coefficient (Wildman–Crippen LogP) is 3.12. The Kier molecular flexibility index (Phi) is 5.13. The quantitative estimate of drug-likeness (QED) is 0.791. The number of anilines is 1. The predicted molar refractivity (Wildman–Crippen MR) is 106 cm³/mol. The molecule has 0 saturated carbocycles. The minimum Gasteiger partial charge on any atom is -0.486 e. The second-order valence-corrected chi connectivity index (χ2v) is 7.49. The third-order valence-corrected chi connectivity index (χ3v) is 5.27. The minimum atomic E-state index is -0.363. The van der Waals surface area contributed by atoms with Crippen LogP contribution in [-0.4, -0.2) is 43.5 Å². The first-order valence-corrected chi connectivity index (χ1v) is 9.58. The Morgan fingerprint density at radius 2 is 1.86 bits per heavy atom. The SMILES string of the molecule is CN(Cc1ccc(Cl)cc1)C(=O)C1CC(=O)N(c2ccc3c(c2)OCCO3)C1. The Morgan fingerprint density at radius 1 is 1.14 bits per heavy atom. The molecule has 28 heavy (non-hydrogen) atoms. The van der Waals surface area contributed by atoms with E-state index in [1.54, 1.807) is 41.1 Å². The topological polar surface area (TPSA) is 59.1 Å². The minimum absolute atomic E-state index is 0.0386. The molecule has 2 aliphatic heterocycles. The summed E-state index contributed by atoms with van der Waals surface area (Å²) in [4.78, 5) is 28.7. The molecular weight excluding hydrogens is 380 g/mol. The lowest BCUT2D eigenvalue weighted by molar-refractivity contribution is -0.135. The third-order valence-electron chi connectivity index (χ3n) is 5.02. The highest BCUT2D eigenvalue weighted by atomic mass is 35.5. The standard InChI is InChI=1S/C21H21ClN2O4/c1-23(12-14-2-4-16(22)5-3-14)21(26)15-10-20(25)24(13-15)17-6-7-18-19(11-17)28-9-8-27-18/h2-7,11,15H,8-10,12-13H2,1H3. The van der Waals surface area contributed by atoms with Gasteiger partial charge in [-0.05, 0) is 29.8 Å². The van der Waals surface area contributed by atoms with E-state index in [0.717, 1.165) is 11.3 Å². The molecule has 2 aromatic carbocycles. The second-order valence-electron chi connectivity index (χ2n) is 7.05. The fraction of sp³-hybridized carbons (Fsp3) is 0.333. The smallest absolute Gasteiger partial charge is 0.228 e. The molecule has 2 amide bonds. The Morgan fingerprint density at radius 3 is 2.61 bits per heavy atom. The summed E-state index contributed by atoms with van der Waals surface area (Å²) < 4.78 is 11.1. The number of hydrogen-bond donors (Lipinski definition) is 0. The second kappa shape index (κ2) is 7.72. The first-order chi connectivity index (χ1) is 13.5. The molecule has 2 aliphatic rings. The molecule has 4 rings (SSSR count).